The summed E-state index contributed by atoms with van der Waals surface area (Å²) < 4.78 is 0. The van der Waals surface area contributed by atoms with E-state index < -0.39 is 5.97 Å². The Morgan fingerprint density at radius 1 is 1.75 bits per heavy atom. The summed E-state index contributed by atoms with van der Waals surface area (Å²) in [5.74, 6) is -0.953. The number of hydrogen-bond acceptors (Lipinski definition) is 4. The van der Waals surface area contributed by atoms with Gasteiger partial charge in [-0.05, 0) is 14.0 Å². The first-order valence-corrected chi connectivity index (χ1v) is 4.31. The van der Waals surface area contributed by atoms with Gasteiger partial charge in [0.15, 0.2) is 5.69 Å². The number of carbonyl (C=O) groups is 1. The van der Waals surface area contributed by atoms with Crippen LogP contribution in [-0.2, 0) is 6.54 Å². The third-order valence-electron chi connectivity index (χ3n) is 1.37. The number of rotatable bonds is 3. The molecule has 1 heterocycles. The zero-order valence-corrected chi connectivity index (χ0v) is 7.73. The lowest BCUT2D eigenvalue weighted by Crippen LogP contribution is -2.05. The summed E-state index contributed by atoms with van der Waals surface area (Å²) in [7, 11) is 1.80. The molecule has 0 aliphatic heterocycles. The molecule has 5 heteroatoms. The van der Waals surface area contributed by atoms with E-state index in [1.54, 1.807) is 14.0 Å². The molecule has 0 saturated heterocycles. The zero-order chi connectivity index (χ0) is 9.14. The summed E-state index contributed by atoms with van der Waals surface area (Å²) in [5.41, 5.74) is 0.172. The number of nitrogens with one attached hydrogen (secondary N) is 1. The third kappa shape index (κ3) is 1.80. The second-order valence-corrected chi connectivity index (χ2v) is 3.64. The number of thiazole rings is 1. The molecule has 0 saturated carbocycles. The molecule has 0 aliphatic rings. The van der Waals surface area contributed by atoms with Crippen LogP contribution in [-0.4, -0.2) is 23.1 Å². The number of carboxylic acid groups (broad SMARTS) is 1. The summed E-state index contributed by atoms with van der Waals surface area (Å²) in [5, 5.41) is 12.4. The van der Waals surface area contributed by atoms with Crippen molar-refractivity contribution in [2.75, 3.05) is 7.05 Å². The van der Waals surface area contributed by atoms with Crippen molar-refractivity contribution in [3.05, 3.63) is 15.6 Å². The second kappa shape index (κ2) is 3.64. The predicted molar refractivity (Wildman–Crippen MR) is 46.6 cm³/mol. The minimum absolute atomic E-state index is 0.172. The maximum Gasteiger partial charge on any atom is 0.355 e. The van der Waals surface area contributed by atoms with Crippen molar-refractivity contribution in [1.82, 2.24) is 10.3 Å². The molecule has 0 spiro atoms. The molecule has 4 nitrogen and oxygen atoms in total. The fourth-order valence-electron chi connectivity index (χ4n) is 0.877. The lowest BCUT2D eigenvalue weighted by molar-refractivity contribution is 0.0690. The van der Waals surface area contributed by atoms with Gasteiger partial charge in [0.1, 0.15) is 5.01 Å². The van der Waals surface area contributed by atoms with Crippen molar-refractivity contribution in [2.24, 2.45) is 0 Å². The highest BCUT2D eigenvalue weighted by Gasteiger charge is 2.12. The van der Waals surface area contributed by atoms with Crippen molar-refractivity contribution in [3.8, 4) is 0 Å². The SMILES string of the molecule is CNCc1nc(C(=O)O)c(C)s1. The number of nitrogens with zero attached hydrogens (tertiary/aromatic N) is 1. The number of aromatic nitrogens is 1. The van der Waals surface area contributed by atoms with Gasteiger partial charge in [0.2, 0.25) is 0 Å². The molecule has 2 N–H and O–H groups in total. The molecule has 0 atom stereocenters. The van der Waals surface area contributed by atoms with Crippen LogP contribution in [0.1, 0.15) is 20.4 Å². The Morgan fingerprint density at radius 2 is 2.42 bits per heavy atom. The lowest BCUT2D eigenvalue weighted by atomic mass is 10.4. The first kappa shape index (κ1) is 9.15. The van der Waals surface area contributed by atoms with Gasteiger partial charge in [0, 0.05) is 11.4 Å². The van der Waals surface area contributed by atoms with E-state index in [2.05, 4.69) is 10.3 Å². The number of aryl methyl sites for hydroxylation is 1. The van der Waals surface area contributed by atoms with E-state index in [-0.39, 0.29) is 5.69 Å². The number of aromatic carboxylic acids is 1. The van der Waals surface area contributed by atoms with Gasteiger partial charge in [0.25, 0.3) is 0 Å². The molecule has 66 valence electrons. The van der Waals surface area contributed by atoms with Crippen LogP contribution in [0.15, 0.2) is 0 Å². The van der Waals surface area contributed by atoms with Gasteiger partial charge in [-0.15, -0.1) is 11.3 Å². The van der Waals surface area contributed by atoms with Crippen LogP contribution in [0.4, 0.5) is 0 Å². The highest BCUT2D eigenvalue weighted by molar-refractivity contribution is 7.11. The van der Waals surface area contributed by atoms with Gasteiger partial charge in [-0.3, -0.25) is 0 Å². The molecular formula is C7H10N2O2S. The molecule has 0 aliphatic carbocycles. The quantitative estimate of drug-likeness (QED) is 0.735. The smallest absolute Gasteiger partial charge is 0.355 e. The Balaban J connectivity index is 2.92. The average Bonchev–Trinajstić information content (AvgIpc) is 2.32. The molecule has 0 unspecified atom stereocenters. The molecule has 1 aromatic heterocycles. The highest BCUT2D eigenvalue weighted by Crippen LogP contribution is 2.16. The van der Waals surface area contributed by atoms with Crippen LogP contribution in [0.3, 0.4) is 0 Å². The standard InChI is InChI=1S/C7H10N2O2S/c1-4-6(7(10)11)9-5(12-4)3-8-2/h8H,3H2,1-2H3,(H,10,11). The molecule has 0 aromatic carbocycles. The Hall–Kier alpha value is -0.940. The van der Waals surface area contributed by atoms with Crippen LogP contribution in [0.2, 0.25) is 0 Å². The van der Waals surface area contributed by atoms with E-state index in [0.29, 0.717) is 6.54 Å². The van der Waals surface area contributed by atoms with Gasteiger partial charge in [-0.2, -0.15) is 0 Å². The molecule has 1 aromatic rings. The lowest BCUT2D eigenvalue weighted by Gasteiger charge is -1.89. The van der Waals surface area contributed by atoms with Gasteiger partial charge < -0.3 is 10.4 Å². The second-order valence-electron chi connectivity index (χ2n) is 2.35. The molecule has 1 rings (SSSR count). The van der Waals surface area contributed by atoms with E-state index in [0.717, 1.165) is 9.88 Å². The van der Waals surface area contributed by atoms with Gasteiger partial charge in [0.05, 0.1) is 0 Å². The largest absolute Gasteiger partial charge is 0.476 e. The fourth-order valence-corrected chi connectivity index (χ4v) is 1.81. The Kier molecular flexibility index (Phi) is 2.78. The Morgan fingerprint density at radius 3 is 2.83 bits per heavy atom. The maximum absolute atomic E-state index is 10.6. The van der Waals surface area contributed by atoms with E-state index >= 15 is 0 Å². The summed E-state index contributed by atoms with van der Waals surface area (Å²) in [6.45, 7) is 2.39. The number of hydrogen-bond donors (Lipinski definition) is 2. The van der Waals surface area contributed by atoms with Crippen LogP contribution in [0, 0.1) is 6.92 Å². The minimum atomic E-state index is -0.953. The first-order valence-electron chi connectivity index (χ1n) is 3.49. The van der Waals surface area contributed by atoms with Crippen LogP contribution < -0.4 is 5.32 Å². The summed E-state index contributed by atoms with van der Waals surface area (Å²) in [4.78, 5) is 15.3. The zero-order valence-electron chi connectivity index (χ0n) is 6.92. The van der Waals surface area contributed by atoms with E-state index in [1.807, 2.05) is 0 Å². The molecule has 12 heavy (non-hydrogen) atoms. The van der Waals surface area contributed by atoms with Crippen LogP contribution in [0.5, 0.6) is 0 Å². The summed E-state index contributed by atoms with van der Waals surface area (Å²) >= 11 is 1.41. The average molecular weight is 186 g/mol. The molecular weight excluding hydrogens is 176 g/mol. The van der Waals surface area contributed by atoms with Crippen LogP contribution >= 0.6 is 11.3 Å². The van der Waals surface area contributed by atoms with Gasteiger partial charge in [-0.1, -0.05) is 0 Å². The number of carboxylic acids is 1. The predicted octanol–water partition coefficient (Wildman–Crippen LogP) is 0.869. The van der Waals surface area contributed by atoms with Crippen molar-refractivity contribution in [2.45, 2.75) is 13.5 Å². The van der Waals surface area contributed by atoms with Crippen molar-refractivity contribution < 1.29 is 9.90 Å². The van der Waals surface area contributed by atoms with Crippen LogP contribution in [0.25, 0.3) is 0 Å². The molecule has 0 radical (unpaired) electrons. The van der Waals surface area contributed by atoms with E-state index in [4.69, 9.17) is 5.11 Å². The fraction of sp³-hybridized carbons (Fsp3) is 0.429. The normalized spacial score (nSPS) is 10.2. The maximum atomic E-state index is 10.6. The third-order valence-corrected chi connectivity index (χ3v) is 2.34. The minimum Gasteiger partial charge on any atom is -0.476 e. The van der Waals surface area contributed by atoms with Gasteiger partial charge >= 0.3 is 5.97 Å². The molecule has 0 amide bonds. The van der Waals surface area contributed by atoms with E-state index in [9.17, 15) is 4.79 Å². The summed E-state index contributed by atoms with van der Waals surface area (Å²) in [6.07, 6.45) is 0. The first-order chi connectivity index (χ1) is 5.65. The van der Waals surface area contributed by atoms with Crippen molar-refractivity contribution >= 4 is 17.3 Å². The van der Waals surface area contributed by atoms with Gasteiger partial charge in [-0.25, -0.2) is 9.78 Å². The van der Waals surface area contributed by atoms with Crippen molar-refractivity contribution in [1.29, 1.82) is 0 Å². The van der Waals surface area contributed by atoms with E-state index in [1.165, 1.54) is 11.3 Å². The monoisotopic (exact) mass is 186 g/mol. The Labute approximate surface area is 74.3 Å². The Bertz CT molecular complexity index is 296. The van der Waals surface area contributed by atoms with Crippen molar-refractivity contribution in [3.63, 3.8) is 0 Å². The molecule has 0 fully saturated rings. The molecule has 0 bridgehead atoms. The summed E-state index contributed by atoms with van der Waals surface area (Å²) in [6, 6.07) is 0. The topological polar surface area (TPSA) is 62.2 Å². The highest BCUT2D eigenvalue weighted by atomic mass is 32.1.